The first kappa shape index (κ1) is 13.5. The van der Waals surface area contributed by atoms with Crippen LogP contribution in [0.4, 0.5) is 5.13 Å². The van der Waals surface area contributed by atoms with E-state index in [1.807, 2.05) is 13.0 Å². The number of nitrogens with one attached hydrogen (secondary N) is 1. The molecule has 1 heterocycles. The van der Waals surface area contributed by atoms with Gasteiger partial charge in [0, 0.05) is 11.4 Å². The first-order valence-corrected chi connectivity index (χ1v) is 6.88. The molecule has 19 heavy (non-hydrogen) atoms. The molecule has 0 aliphatic rings. The Hall–Kier alpha value is -1.88. The van der Waals surface area contributed by atoms with Gasteiger partial charge in [0.2, 0.25) is 0 Å². The van der Waals surface area contributed by atoms with Gasteiger partial charge in [-0.15, -0.1) is 11.3 Å². The SMILES string of the molecule is Cc1nc(NCCc2cccc(C(=O)O)c2)sc1C. The van der Waals surface area contributed by atoms with E-state index in [2.05, 4.69) is 17.2 Å². The molecule has 1 aromatic carbocycles. The number of carboxylic acid groups (broad SMARTS) is 1. The summed E-state index contributed by atoms with van der Waals surface area (Å²) in [6, 6.07) is 7.03. The number of rotatable bonds is 5. The molecule has 0 spiro atoms. The number of benzene rings is 1. The Kier molecular flexibility index (Phi) is 4.16. The van der Waals surface area contributed by atoms with Crippen LogP contribution in [0.2, 0.25) is 0 Å². The van der Waals surface area contributed by atoms with E-state index in [-0.39, 0.29) is 0 Å². The van der Waals surface area contributed by atoms with Crippen LogP contribution in [-0.2, 0) is 6.42 Å². The average molecular weight is 276 g/mol. The normalized spacial score (nSPS) is 10.4. The highest BCUT2D eigenvalue weighted by Gasteiger charge is 2.04. The number of carbonyl (C=O) groups is 1. The van der Waals surface area contributed by atoms with Crippen LogP contribution >= 0.6 is 11.3 Å². The van der Waals surface area contributed by atoms with Crippen LogP contribution in [0.5, 0.6) is 0 Å². The molecule has 0 radical (unpaired) electrons. The molecule has 0 atom stereocenters. The summed E-state index contributed by atoms with van der Waals surface area (Å²) in [5.74, 6) is -0.888. The van der Waals surface area contributed by atoms with Crippen molar-refractivity contribution in [3.05, 3.63) is 46.0 Å². The largest absolute Gasteiger partial charge is 0.478 e. The second-order valence-corrected chi connectivity index (χ2v) is 5.55. The molecular weight excluding hydrogens is 260 g/mol. The van der Waals surface area contributed by atoms with Crippen LogP contribution in [-0.4, -0.2) is 22.6 Å². The molecule has 0 aliphatic heterocycles. The Morgan fingerprint density at radius 1 is 1.42 bits per heavy atom. The van der Waals surface area contributed by atoms with Crippen LogP contribution in [0.3, 0.4) is 0 Å². The summed E-state index contributed by atoms with van der Waals surface area (Å²) in [7, 11) is 0. The van der Waals surface area contributed by atoms with Crippen molar-refractivity contribution in [2.75, 3.05) is 11.9 Å². The first-order chi connectivity index (χ1) is 9.06. The van der Waals surface area contributed by atoms with Crippen molar-refractivity contribution < 1.29 is 9.90 Å². The van der Waals surface area contributed by atoms with E-state index >= 15 is 0 Å². The Bertz CT molecular complexity index is 573. The molecule has 4 nitrogen and oxygen atoms in total. The first-order valence-electron chi connectivity index (χ1n) is 6.06. The summed E-state index contributed by atoms with van der Waals surface area (Å²) in [6.45, 7) is 4.79. The number of hydrogen-bond acceptors (Lipinski definition) is 4. The van der Waals surface area contributed by atoms with Crippen LogP contribution in [0.25, 0.3) is 0 Å². The van der Waals surface area contributed by atoms with Gasteiger partial charge in [-0.1, -0.05) is 12.1 Å². The molecule has 1 aromatic heterocycles. The fourth-order valence-electron chi connectivity index (χ4n) is 1.72. The third-order valence-corrected chi connectivity index (χ3v) is 3.92. The van der Waals surface area contributed by atoms with Crippen LogP contribution in [0.15, 0.2) is 24.3 Å². The minimum Gasteiger partial charge on any atom is -0.478 e. The Labute approximate surface area is 116 Å². The minimum absolute atomic E-state index is 0.332. The number of hydrogen-bond donors (Lipinski definition) is 2. The second kappa shape index (κ2) is 5.84. The zero-order valence-electron chi connectivity index (χ0n) is 10.9. The number of anilines is 1. The van der Waals surface area contributed by atoms with Crippen molar-refractivity contribution >= 4 is 22.4 Å². The lowest BCUT2D eigenvalue weighted by Crippen LogP contribution is -2.05. The molecule has 100 valence electrons. The summed E-state index contributed by atoms with van der Waals surface area (Å²) >= 11 is 1.64. The maximum absolute atomic E-state index is 10.9. The highest BCUT2D eigenvalue weighted by molar-refractivity contribution is 7.15. The Morgan fingerprint density at radius 3 is 2.84 bits per heavy atom. The van der Waals surface area contributed by atoms with Crippen molar-refractivity contribution in [1.82, 2.24) is 4.98 Å². The summed E-state index contributed by atoms with van der Waals surface area (Å²) in [5, 5.41) is 13.1. The molecule has 0 saturated carbocycles. The fourth-order valence-corrected chi connectivity index (χ4v) is 2.56. The van der Waals surface area contributed by atoms with Crippen LogP contribution in [0, 0.1) is 13.8 Å². The molecule has 0 unspecified atom stereocenters. The predicted octanol–water partition coefficient (Wildman–Crippen LogP) is 3.11. The van der Waals surface area contributed by atoms with Gasteiger partial charge in [-0.25, -0.2) is 9.78 Å². The second-order valence-electron chi connectivity index (χ2n) is 4.34. The van der Waals surface area contributed by atoms with Gasteiger partial charge in [0.1, 0.15) is 0 Å². The smallest absolute Gasteiger partial charge is 0.335 e. The van der Waals surface area contributed by atoms with Gasteiger partial charge < -0.3 is 10.4 Å². The van der Waals surface area contributed by atoms with Crippen molar-refractivity contribution in [2.45, 2.75) is 20.3 Å². The van der Waals surface area contributed by atoms with E-state index < -0.39 is 5.97 Å². The zero-order chi connectivity index (χ0) is 13.8. The van der Waals surface area contributed by atoms with Gasteiger partial charge >= 0.3 is 5.97 Å². The van der Waals surface area contributed by atoms with Gasteiger partial charge in [-0.05, 0) is 38.0 Å². The van der Waals surface area contributed by atoms with Gasteiger partial charge in [-0.3, -0.25) is 0 Å². The third-order valence-electron chi connectivity index (χ3n) is 2.89. The molecule has 0 saturated heterocycles. The number of nitrogens with zero attached hydrogens (tertiary/aromatic N) is 1. The van der Waals surface area contributed by atoms with E-state index in [1.54, 1.807) is 29.5 Å². The summed E-state index contributed by atoms with van der Waals surface area (Å²) < 4.78 is 0. The Morgan fingerprint density at radius 2 is 2.21 bits per heavy atom. The Balaban J connectivity index is 1.92. The van der Waals surface area contributed by atoms with E-state index in [4.69, 9.17) is 5.11 Å². The monoisotopic (exact) mass is 276 g/mol. The van der Waals surface area contributed by atoms with Crippen molar-refractivity contribution in [2.24, 2.45) is 0 Å². The van der Waals surface area contributed by atoms with Crippen LogP contribution in [0.1, 0.15) is 26.5 Å². The van der Waals surface area contributed by atoms with Crippen molar-refractivity contribution in [1.29, 1.82) is 0 Å². The van der Waals surface area contributed by atoms with E-state index in [1.165, 1.54) is 4.88 Å². The topological polar surface area (TPSA) is 62.2 Å². The standard InChI is InChI=1S/C14H16N2O2S/c1-9-10(2)19-14(16-9)15-7-6-11-4-3-5-12(8-11)13(17)18/h3-5,8H,6-7H2,1-2H3,(H,15,16)(H,17,18). The summed E-state index contributed by atoms with van der Waals surface area (Å²) in [6.07, 6.45) is 0.777. The lowest BCUT2D eigenvalue weighted by Gasteiger charge is -2.04. The highest BCUT2D eigenvalue weighted by Crippen LogP contribution is 2.20. The lowest BCUT2D eigenvalue weighted by molar-refractivity contribution is 0.0697. The summed E-state index contributed by atoms with van der Waals surface area (Å²) in [4.78, 5) is 16.5. The number of aryl methyl sites for hydroxylation is 2. The number of aromatic carboxylic acids is 1. The van der Waals surface area contributed by atoms with Gasteiger partial charge in [0.15, 0.2) is 5.13 Å². The third kappa shape index (κ3) is 3.54. The molecular formula is C14H16N2O2S. The highest BCUT2D eigenvalue weighted by atomic mass is 32.1. The maximum atomic E-state index is 10.9. The van der Waals surface area contributed by atoms with E-state index in [9.17, 15) is 4.79 Å². The molecule has 0 aliphatic carbocycles. The molecule has 2 rings (SSSR count). The quantitative estimate of drug-likeness (QED) is 0.880. The average Bonchev–Trinajstić information content (AvgIpc) is 2.69. The minimum atomic E-state index is -0.888. The number of thiazole rings is 1. The van der Waals surface area contributed by atoms with Gasteiger partial charge in [0.25, 0.3) is 0 Å². The van der Waals surface area contributed by atoms with Crippen LogP contribution < -0.4 is 5.32 Å². The van der Waals surface area contributed by atoms with E-state index in [0.717, 1.165) is 29.4 Å². The van der Waals surface area contributed by atoms with Crippen molar-refractivity contribution in [3.63, 3.8) is 0 Å². The maximum Gasteiger partial charge on any atom is 0.335 e. The molecule has 2 aromatic rings. The number of aromatic nitrogens is 1. The van der Waals surface area contributed by atoms with Gasteiger partial charge in [-0.2, -0.15) is 0 Å². The zero-order valence-corrected chi connectivity index (χ0v) is 11.8. The molecule has 2 N–H and O–H groups in total. The molecule has 0 fully saturated rings. The summed E-state index contributed by atoms with van der Waals surface area (Å²) in [5.41, 5.74) is 2.40. The lowest BCUT2D eigenvalue weighted by atomic mass is 10.1. The number of carboxylic acids is 1. The van der Waals surface area contributed by atoms with E-state index in [0.29, 0.717) is 5.56 Å². The molecule has 0 bridgehead atoms. The van der Waals surface area contributed by atoms with Crippen molar-refractivity contribution in [3.8, 4) is 0 Å². The van der Waals surface area contributed by atoms with Gasteiger partial charge in [0.05, 0.1) is 11.3 Å². The fraction of sp³-hybridized carbons (Fsp3) is 0.286. The molecule has 5 heteroatoms. The molecule has 0 amide bonds. The predicted molar refractivity (Wildman–Crippen MR) is 77.2 cm³/mol.